The third-order valence-corrected chi connectivity index (χ3v) is 15.4. The average Bonchev–Trinajstić information content (AvgIpc) is 3.74. The second-order valence-corrected chi connectivity index (χ2v) is 20.1. The second kappa shape index (κ2) is 23.0. The van der Waals surface area contributed by atoms with E-state index in [2.05, 4.69) is 36.2 Å². The Hall–Kier alpha value is -4.12. The molecular formula is C39H61N13O14S3. The zero-order chi connectivity index (χ0) is 50.6. The van der Waals surface area contributed by atoms with Crippen molar-refractivity contribution in [3.05, 3.63) is 43.1 Å². The van der Waals surface area contributed by atoms with E-state index in [1.54, 1.807) is 14.0 Å². The summed E-state index contributed by atoms with van der Waals surface area (Å²) < 4.78 is 25.0. The Morgan fingerprint density at radius 2 is 1.77 bits per heavy atom. The molecule has 16 N–H and O–H groups in total. The molecule has 4 aliphatic heterocycles. The van der Waals surface area contributed by atoms with Gasteiger partial charge in [-0.05, 0) is 52.8 Å². The quantitative estimate of drug-likeness (QED) is 0.0261. The van der Waals surface area contributed by atoms with Gasteiger partial charge in [-0.25, -0.2) is 9.78 Å². The van der Waals surface area contributed by atoms with Gasteiger partial charge in [0.1, 0.15) is 59.9 Å². The first-order chi connectivity index (χ1) is 32.6. The zero-order valence-electron chi connectivity index (χ0n) is 38.5. The molecule has 2 aromatic rings. The number of aliphatic hydroxyl groups excluding tert-OH is 2. The van der Waals surface area contributed by atoms with Crippen LogP contribution in [0.4, 0.5) is 5.13 Å². The number of aromatic nitrogens is 4. The van der Waals surface area contributed by atoms with E-state index in [0.29, 0.717) is 18.4 Å². The van der Waals surface area contributed by atoms with Crippen molar-refractivity contribution in [3.63, 3.8) is 0 Å². The number of β-lactam (4-membered cyclic amide) rings is 1. The Bertz CT molecular complexity index is 2350. The number of aromatic amines is 1. The van der Waals surface area contributed by atoms with Gasteiger partial charge in [0.25, 0.3) is 11.8 Å². The average molecular weight is 1030 g/mol. The smallest absolute Gasteiger partial charge is 0.352 e. The lowest BCUT2D eigenvalue weighted by Crippen LogP contribution is -2.71. The largest absolute Gasteiger partial charge is 0.477 e. The number of nitrogen functional groups attached to an aromatic ring is 1. The lowest BCUT2D eigenvalue weighted by atomic mass is 9.84. The number of hydrogen-bond donors (Lipinski definition) is 12. The van der Waals surface area contributed by atoms with Gasteiger partial charge in [0.2, 0.25) is 0 Å². The van der Waals surface area contributed by atoms with Crippen molar-refractivity contribution in [1.82, 2.24) is 40.6 Å². The molecule has 1 unspecified atom stereocenters. The number of oxime groups is 1. The number of H-pyrrole nitrogens is 1. The van der Waals surface area contributed by atoms with Crippen molar-refractivity contribution in [3.8, 4) is 0 Å². The summed E-state index contributed by atoms with van der Waals surface area (Å²) in [5, 5.41) is 58.0. The number of aliphatic hydroxyl groups is 3. The Balaban J connectivity index is 0.000000228. The SMILES string of the molecule is CNC(C)[C@@H]1CC[C@@H](N)[C@@H](O[C@H]2[C@H](O)[C@@H](O[C@H]3OC[C@](C)(O)[C@H](NC)[C@H]3O)[C@H](N)C[C@@H]2N)O1.CO/N=C(\C(=O)N[C@@H]1C(=O)N2C(C(=O)O)=C(CSc3nc(=O)c(=O)[nH]n3C)CS[C@H]12)c1csc(N)n1. The van der Waals surface area contributed by atoms with Crippen molar-refractivity contribution >= 4 is 63.5 Å². The number of thiazole rings is 1. The summed E-state index contributed by atoms with van der Waals surface area (Å²) in [4.78, 5) is 74.3. The number of rotatable bonds is 15. The molecule has 69 heavy (non-hydrogen) atoms. The van der Waals surface area contributed by atoms with E-state index in [1.807, 2.05) is 14.0 Å². The summed E-state index contributed by atoms with van der Waals surface area (Å²) in [7, 11) is 6.23. The lowest BCUT2D eigenvalue weighted by Gasteiger charge is -2.49. The summed E-state index contributed by atoms with van der Waals surface area (Å²) in [6.45, 7) is 3.52. The standard InChI is InChI=1S/C21H43N5O7.C18H18N8O7S3/c1-9(25-3)13-6-5-10(22)19(31-13)32-16-11(23)7-12(24)17(14(16)27)33-20-15(28)18(26-4)21(2,29)8-30-20;1-25-18(22-12(28)13(29)23-25)36-4-6-3-34-15-9(14(30)26(15)10(6)16(31)32)21-11(27)8(24-33-2)7-5-35-17(19)20-7/h9-20,25-29H,5-8,22-24H2,1-4H3;5,9,15H,3-4H2,1-2H3,(H2,19,20)(H,21,27)(H,23,29)(H,31,32)/b;24-8-/t9?,10-,11+,12-,13+,14+,15-,16-,17+,18-,19-,20-,21+;9-,15-/m11/s1. The number of carboxylic acid groups (broad SMARTS) is 1. The molecule has 30 heteroatoms. The number of carbonyl (C=O) groups is 3. The molecule has 15 atom stereocenters. The van der Waals surface area contributed by atoms with Gasteiger partial charge < -0.3 is 83.1 Å². The summed E-state index contributed by atoms with van der Waals surface area (Å²) in [6, 6.07) is -3.11. The highest BCUT2D eigenvalue weighted by Crippen LogP contribution is 2.41. The number of carbonyl (C=O) groups excluding carboxylic acids is 2. The first-order valence-electron chi connectivity index (χ1n) is 21.7. The Morgan fingerprint density at radius 3 is 2.38 bits per heavy atom. The van der Waals surface area contributed by atoms with Crippen molar-refractivity contribution in [1.29, 1.82) is 0 Å². The number of amides is 2. The van der Waals surface area contributed by atoms with Crippen molar-refractivity contribution < 1.29 is 58.6 Å². The van der Waals surface area contributed by atoms with Crippen LogP contribution in [0.2, 0.25) is 0 Å². The van der Waals surface area contributed by atoms with Gasteiger partial charge in [-0.3, -0.25) is 33.9 Å². The van der Waals surface area contributed by atoms with Crippen LogP contribution >= 0.6 is 34.9 Å². The number of anilines is 1. The van der Waals surface area contributed by atoms with Crippen LogP contribution in [0.15, 0.2) is 36.6 Å². The minimum absolute atomic E-state index is 0.0620. The molecule has 384 valence electrons. The van der Waals surface area contributed by atoms with Crippen LogP contribution in [-0.4, -0.2) is 198 Å². The highest BCUT2D eigenvalue weighted by atomic mass is 32.2. The van der Waals surface area contributed by atoms with Gasteiger partial charge in [-0.2, -0.15) is 4.98 Å². The van der Waals surface area contributed by atoms with Crippen molar-refractivity contribution in [2.24, 2.45) is 29.4 Å². The minimum atomic E-state index is -1.31. The Labute approximate surface area is 407 Å². The fourth-order valence-corrected chi connectivity index (χ4v) is 11.4. The molecule has 3 saturated heterocycles. The zero-order valence-corrected chi connectivity index (χ0v) is 41.0. The Morgan fingerprint density at radius 1 is 1.09 bits per heavy atom. The van der Waals surface area contributed by atoms with E-state index < -0.39 is 101 Å². The lowest BCUT2D eigenvalue weighted by molar-refractivity contribution is -0.307. The topological polar surface area (TPSA) is 415 Å². The van der Waals surface area contributed by atoms with Gasteiger partial charge >= 0.3 is 17.1 Å². The molecule has 27 nitrogen and oxygen atoms in total. The van der Waals surface area contributed by atoms with E-state index in [9.17, 15) is 44.4 Å². The van der Waals surface area contributed by atoms with Crippen molar-refractivity contribution in [2.75, 3.05) is 45.1 Å². The molecule has 1 saturated carbocycles. The molecule has 0 spiro atoms. The van der Waals surface area contributed by atoms with Crippen LogP contribution in [0.25, 0.3) is 0 Å². The molecule has 2 aromatic heterocycles. The normalized spacial score (nSPS) is 34.2. The maximum absolute atomic E-state index is 12.9. The number of likely N-dealkylation sites (N-methyl/N-ethyl adjacent to an activating group) is 2. The van der Waals surface area contributed by atoms with E-state index in [4.69, 9.17) is 46.7 Å². The second-order valence-electron chi connectivity index (χ2n) is 17.2. The maximum atomic E-state index is 12.9. The van der Waals surface area contributed by atoms with Crippen LogP contribution in [0.3, 0.4) is 0 Å². The molecule has 0 bridgehead atoms. The van der Waals surface area contributed by atoms with Crippen molar-refractivity contribution in [2.45, 2.75) is 129 Å². The molecule has 7 rings (SSSR count). The minimum Gasteiger partial charge on any atom is -0.477 e. The number of nitrogens with one attached hydrogen (secondary N) is 4. The predicted octanol–water partition coefficient (Wildman–Crippen LogP) is -4.94. The molecule has 4 fully saturated rings. The predicted molar refractivity (Wildman–Crippen MR) is 251 cm³/mol. The number of fused-ring (bicyclic) bond motifs is 1. The van der Waals surface area contributed by atoms with Gasteiger partial charge in [0, 0.05) is 42.1 Å². The number of ether oxygens (including phenoxy) is 4. The Kier molecular flexibility index (Phi) is 18.0. The molecule has 6 heterocycles. The first kappa shape index (κ1) is 54.2. The maximum Gasteiger partial charge on any atom is 0.352 e. The fourth-order valence-electron chi connectivity index (χ4n) is 8.47. The molecule has 2 amide bonds. The molecule has 1 aliphatic carbocycles. The van der Waals surface area contributed by atoms with Crippen LogP contribution in [-0.2, 0) is 45.2 Å². The van der Waals surface area contributed by atoms with Gasteiger partial charge in [0.15, 0.2) is 28.6 Å². The first-order valence-corrected chi connectivity index (χ1v) is 24.6. The third kappa shape index (κ3) is 12.0. The van der Waals surface area contributed by atoms with Crippen LogP contribution < -0.4 is 50.0 Å². The van der Waals surface area contributed by atoms with E-state index in [1.165, 1.54) is 36.0 Å². The van der Waals surface area contributed by atoms with Crippen LogP contribution in [0, 0.1) is 0 Å². The van der Waals surface area contributed by atoms with Crippen LogP contribution in [0.5, 0.6) is 0 Å². The summed E-state index contributed by atoms with van der Waals surface area (Å²) in [6.07, 6.45) is -4.22. The summed E-state index contributed by atoms with van der Waals surface area (Å²) in [5.41, 5.74) is 21.5. The number of thioether (sulfide) groups is 2. The van der Waals surface area contributed by atoms with E-state index >= 15 is 0 Å². The summed E-state index contributed by atoms with van der Waals surface area (Å²) in [5.74, 6) is -2.30. The molecular weight excluding hydrogens is 971 g/mol. The van der Waals surface area contributed by atoms with Gasteiger partial charge in [0.05, 0.1) is 24.8 Å². The number of nitrogens with zero attached hydrogens (tertiary/aromatic N) is 5. The van der Waals surface area contributed by atoms with Crippen LogP contribution in [0.1, 0.15) is 38.8 Å². The highest BCUT2D eigenvalue weighted by molar-refractivity contribution is 8.01. The number of hydrogen-bond acceptors (Lipinski definition) is 25. The van der Waals surface area contributed by atoms with Gasteiger partial charge in [-0.15, -0.1) is 23.1 Å². The monoisotopic (exact) mass is 1030 g/mol. The highest BCUT2D eigenvalue weighted by Gasteiger charge is 2.55. The van der Waals surface area contributed by atoms with E-state index in [-0.39, 0.29) is 63.7 Å². The van der Waals surface area contributed by atoms with Gasteiger partial charge in [-0.1, -0.05) is 16.9 Å². The number of aryl methyl sites for hydroxylation is 1. The third-order valence-electron chi connectivity index (χ3n) is 12.3. The molecule has 5 aliphatic rings. The summed E-state index contributed by atoms with van der Waals surface area (Å²) >= 11 is 3.41. The number of aliphatic carboxylic acids is 1. The number of carboxylic acids is 1. The fraction of sp³-hybridized carbons (Fsp3) is 0.692. The van der Waals surface area contributed by atoms with E-state index in [0.717, 1.165) is 34.4 Å². The molecule has 0 radical (unpaired) electrons. The molecule has 0 aromatic carbocycles. The number of nitrogens with two attached hydrogens (primary N) is 4.